The van der Waals surface area contributed by atoms with Crippen molar-refractivity contribution in [1.29, 1.82) is 0 Å². The van der Waals surface area contributed by atoms with Crippen LogP contribution in [0.15, 0.2) is 122 Å². The summed E-state index contributed by atoms with van der Waals surface area (Å²) in [7, 11) is 0. The Kier molecular flexibility index (Phi) is 15.1. The Bertz CT molecular complexity index is 1760. The molecule has 1 unspecified atom stereocenters. The van der Waals surface area contributed by atoms with Gasteiger partial charge in [-0.05, 0) is 11.1 Å². The molecule has 0 spiro atoms. The normalized spacial score (nSPS) is 13.3. The fourth-order valence-electron chi connectivity index (χ4n) is 4.95. The summed E-state index contributed by atoms with van der Waals surface area (Å²) in [5, 5.41) is 5.15. The third-order valence-corrected chi connectivity index (χ3v) is 9.01. The van der Waals surface area contributed by atoms with Gasteiger partial charge in [-0.3, -0.25) is 6.08 Å². The Morgan fingerprint density at radius 2 is 1.28 bits per heavy atom. The van der Waals surface area contributed by atoms with Gasteiger partial charge >= 0.3 is 108 Å². The summed E-state index contributed by atoms with van der Waals surface area (Å²) in [6.07, 6.45) is 12.8. The summed E-state index contributed by atoms with van der Waals surface area (Å²) in [5.74, 6) is 0.0341. The average molecular weight is 731 g/mol. The van der Waals surface area contributed by atoms with Crippen molar-refractivity contribution in [3.63, 3.8) is 0 Å². The monoisotopic (exact) mass is 728 g/mol. The molecular weight excluding hydrogens is 693 g/mol. The number of halogens is 4. The first-order valence-electron chi connectivity index (χ1n) is 14.8. The van der Waals surface area contributed by atoms with E-state index in [1.54, 1.807) is 12.1 Å². The minimum absolute atomic E-state index is 0. The molecule has 0 saturated heterocycles. The second kappa shape index (κ2) is 17.7. The molecule has 236 valence electrons. The molecule has 0 bridgehead atoms. The molecule has 0 aliphatic heterocycles. The number of allylic oxidation sites excluding steroid dienone is 4. The Morgan fingerprint density at radius 3 is 1.63 bits per heavy atom. The van der Waals surface area contributed by atoms with Crippen LogP contribution in [0.25, 0.3) is 33.7 Å². The van der Waals surface area contributed by atoms with E-state index in [0.717, 1.165) is 49.7 Å². The smallest absolute Gasteiger partial charge is 1.00 e. The Hall–Kier alpha value is -3.10. The Morgan fingerprint density at radius 1 is 0.804 bits per heavy atom. The zero-order chi connectivity index (χ0) is 31.9. The van der Waals surface area contributed by atoms with Gasteiger partial charge in [0.25, 0.3) is 0 Å². The molecule has 1 aliphatic rings. The standard InChI is InChI=1S/C17H13.C13H8F2.C11H17.2ClH.Zr/c1-3-12-5-7-14-11-15-8-6-13(4-2)10-17(15)16(14)9-12;14-12-5-1-3-10(8-12)7-11-4-2-6-13(15)9-11;1-5-9-6-7-10(8-9)11(2,3)4;;;/h3-11H,1-2H2;1-6,8-9H;7-9H,5H2,1-4H3;2*1H;/q-1;;-1;;;+2/p-2. The molecule has 5 heteroatoms. The first-order valence-corrected chi connectivity index (χ1v) is 16.1. The van der Waals surface area contributed by atoms with Crippen LogP contribution in [0.5, 0.6) is 0 Å². The van der Waals surface area contributed by atoms with Gasteiger partial charge in [0.15, 0.2) is 0 Å². The van der Waals surface area contributed by atoms with E-state index < -0.39 is 0 Å². The van der Waals surface area contributed by atoms with Crippen molar-refractivity contribution < 1.29 is 57.8 Å². The van der Waals surface area contributed by atoms with E-state index in [9.17, 15) is 8.78 Å². The van der Waals surface area contributed by atoms with E-state index in [1.165, 1.54) is 57.8 Å². The van der Waals surface area contributed by atoms with Crippen molar-refractivity contribution in [3.05, 3.63) is 162 Å². The number of hydrogen-bond acceptors (Lipinski definition) is 0. The third-order valence-electron chi connectivity index (χ3n) is 7.59. The second-order valence-corrected chi connectivity index (χ2v) is 13.1. The van der Waals surface area contributed by atoms with Crippen LogP contribution in [-0.2, 0) is 24.2 Å². The maximum absolute atomic E-state index is 13.0. The molecule has 1 aliphatic carbocycles. The molecule has 0 saturated carbocycles. The predicted octanol–water partition coefficient (Wildman–Crippen LogP) is 5.44. The van der Waals surface area contributed by atoms with Gasteiger partial charge in [-0.1, -0.05) is 95.0 Å². The van der Waals surface area contributed by atoms with Gasteiger partial charge in [0, 0.05) is 0 Å². The summed E-state index contributed by atoms with van der Waals surface area (Å²) in [6.45, 7) is 16.6. The molecule has 0 aromatic heterocycles. The van der Waals surface area contributed by atoms with Crippen LogP contribution in [-0.4, -0.2) is 3.21 Å². The molecule has 0 nitrogen and oxygen atoms in total. The summed E-state index contributed by atoms with van der Waals surface area (Å²) >= 11 is 1.13. The molecule has 0 amide bonds. The summed E-state index contributed by atoms with van der Waals surface area (Å²) in [5.41, 5.74) is 5.68. The SMILES string of the molecule is C=Cc1ccc2[cH-]c3ccc(C=C)cc3c2c1.CCC1[C-]=CC(C(C)(C)C)=C1.Fc1cccc([C](=[Zr+2])c2cccc(F)c2)c1.[Cl-].[Cl-]. The molecule has 0 heterocycles. The fraction of sp³-hybridized carbons (Fsp3) is 0.171. The summed E-state index contributed by atoms with van der Waals surface area (Å²) < 4.78 is 27.0. The number of fused-ring (bicyclic) bond motifs is 3. The number of rotatable bonds is 5. The van der Waals surface area contributed by atoms with Gasteiger partial charge in [0.05, 0.1) is 0 Å². The molecule has 0 N–H and O–H groups in total. The van der Waals surface area contributed by atoms with Gasteiger partial charge < -0.3 is 24.8 Å². The predicted molar refractivity (Wildman–Crippen MR) is 182 cm³/mol. The fourth-order valence-corrected chi connectivity index (χ4v) is 5.72. The maximum atomic E-state index is 13.0. The van der Waals surface area contributed by atoms with Crippen molar-refractivity contribution in [2.75, 3.05) is 0 Å². The molecular formula is C41H38Cl2F2Zr-2. The van der Waals surface area contributed by atoms with Crippen molar-refractivity contribution in [3.8, 4) is 0 Å². The van der Waals surface area contributed by atoms with Gasteiger partial charge in [-0.25, -0.2) is 6.08 Å². The average Bonchev–Trinajstić information content (AvgIpc) is 3.66. The van der Waals surface area contributed by atoms with Crippen LogP contribution >= 0.6 is 0 Å². The minimum atomic E-state index is -0.270. The molecule has 1 atom stereocenters. The second-order valence-electron chi connectivity index (χ2n) is 11.8. The number of hydrogen-bond donors (Lipinski definition) is 0. The van der Waals surface area contributed by atoms with E-state index in [-0.39, 0.29) is 36.4 Å². The van der Waals surface area contributed by atoms with Crippen LogP contribution in [0.4, 0.5) is 8.78 Å². The zero-order valence-corrected chi connectivity index (χ0v) is 30.7. The van der Waals surface area contributed by atoms with Gasteiger partial charge in [-0.2, -0.15) is 11.6 Å². The zero-order valence-electron chi connectivity index (χ0n) is 26.7. The third kappa shape index (κ3) is 10.2. The van der Waals surface area contributed by atoms with Gasteiger partial charge in [0.1, 0.15) is 0 Å². The van der Waals surface area contributed by atoms with E-state index in [2.05, 4.69) is 102 Å². The molecule has 46 heavy (non-hydrogen) atoms. The molecule has 0 fully saturated rings. The molecule has 5 aromatic rings. The molecule has 6 rings (SSSR count). The van der Waals surface area contributed by atoms with E-state index in [0.29, 0.717) is 11.3 Å². The Labute approximate surface area is 300 Å². The van der Waals surface area contributed by atoms with Crippen molar-refractivity contribution in [2.24, 2.45) is 11.3 Å². The van der Waals surface area contributed by atoms with Gasteiger partial charge in [-0.15, -0.1) is 39.7 Å². The van der Waals surface area contributed by atoms with E-state index in [4.69, 9.17) is 0 Å². The Balaban J connectivity index is 0.000000241. The van der Waals surface area contributed by atoms with E-state index >= 15 is 0 Å². The van der Waals surface area contributed by atoms with Crippen LogP contribution in [0.3, 0.4) is 0 Å². The van der Waals surface area contributed by atoms with E-state index in [1.807, 2.05) is 24.3 Å². The first kappa shape index (κ1) is 39.1. The van der Waals surface area contributed by atoms with Crippen LogP contribution in [0.2, 0.25) is 0 Å². The number of benzene rings is 4. The summed E-state index contributed by atoms with van der Waals surface area (Å²) in [4.78, 5) is 0. The molecule has 0 radical (unpaired) electrons. The first-order chi connectivity index (χ1) is 21.0. The largest absolute Gasteiger partial charge is 1.00 e. The summed E-state index contributed by atoms with van der Waals surface area (Å²) in [6, 6.07) is 27.8. The van der Waals surface area contributed by atoms with Crippen LogP contribution in [0.1, 0.15) is 56.4 Å². The maximum Gasteiger partial charge on any atom is -1.00 e. The van der Waals surface area contributed by atoms with Gasteiger partial charge in [0.2, 0.25) is 0 Å². The topological polar surface area (TPSA) is 0 Å². The van der Waals surface area contributed by atoms with Crippen molar-refractivity contribution >= 4 is 36.9 Å². The van der Waals surface area contributed by atoms with Crippen LogP contribution in [0, 0.1) is 29.0 Å². The van der Waals surface area contributed by atoms with Crippen molar-refractivity contribution in [1.82, 2.24) is 0 Å². The quantitative estimate of drug-likeness (QED) is 0.212. The molecule has 5 aromatic carbocycles. The van der Waals surface area contributed by atoms with Crippen molar-refractivity contribution in [2.45, 2.75) is 34.1 Å². The van der Waals surface area contributed by atoms with Crippen LogP contribution < -0.4 is 24.8 Å². The minimum Gasteiger partial charge on any atom is -1.00 e.